The highest BCUT2D eigenvalue weighted by Gasteiger charge is 2.27. The van der Waals surface area contributed by atoms with Gasteiger partial charge in [-0.1, -0.05) is 51.1 Å². The van der Waals surface area contributed by atoms with Crippen LogP contribution < -0.4 is 11.1 Å². The quantitative estimate of drug-likeness (QED) is 0.752. The maximum atomic E-state index is 11.8. The van der Waals surface area contributed by atoms with Gasteiger partial charge in [-0.15, -0.1) is 0 Å². The number of rotatable bonds is 4. The van der Waals surface area contributed by atoms with Crippen LogP contribution in [0.15, 0.2) is 30.3 Å². The molecule has 0 aliphatic rings. The van der Waals surface area contributed by atoms with E-state index in [0.717, 1.165) is 5.56 Å². The molecule has 0 fully saturated rings. The number of aliphatic hydroxyl groups is 1. The van der Waals surface area contributed by atoms with Gasteiger partial charge in [-0.25, -0.2) is 0 Å². The molecule has 0 spiro atoms. The Hall–Kier alpha value is -1.39. The van der Waals surface area contributed by atoms with Crippen LogP contribution in [0.1, 0.15) is 32.4 Å². The fraction of sp³-hybridized carbons (Fsp3) is 0.500. The van der Waals surface area contributed by atoms with Crippen LogP contribution in [0.2, 0.25) is 0 Å². The fourth-order valence-corrected chi connectivity index (χ4v) is 1.49. The minimum absolute atomic E-state index is 0.173. The van der Waals surface area contributed by atoms with Crippen molar-refractivity contribution in [2.45, 2.75) is 32.9 Å². The highest BCUT2D eigenvalue weighted by Crippen LogP contribution is 2.17. The Morgan fingerprint density at radius 3 is 2.39 bits per heavy atom. The second-order valence-corrected chi connectivity index (χ2v) is 5.52. The number of nitrogens with one attached hydrogen (secondary N) is 1. The molecule has 4 nitrogen and oxygen atoms in total. The minimum Gasteiger partial charge on any atom is -0.387 e. The van der Waals surface area contributed by atoms with Crippen LogP contribution in [-0.2, 0) is 4.79 Å². The molecule has 1 aromatic carbocycles. The zero-order chi connectivity index (χ0) is 13.8. The van der Waals surface area contributed by atoms with E-state index >= 15 is 0 Å². The largest absolute Gasteiger partial charge is 0.387 e. The Balaban J connectivity index is 2.49. The molecule has 1 amide bonds. The van der Waals surface area contributed by atoms with Crippen LogP contribution in [0.4, 0.5) is 0 Å². The summed E-state index contributed by atoms with van der Waals surface area (Å²) in [5.41, 5.74) is 6.32. The zero-order valence-electron chi connectivity index (χ0n) is 11.2. The average Bonchev–Trinajstić information content (AvgIpc) is 2.34. The van der Waals surface area contributed by atoms with E-state index in [0.29, 0.717) is 0 Å². The van der Waals surface area contributed by atoms with Gasteiger partial charge in [0, 0.05) is 6.54 Å². The van der Waals surface area contributed by atoms with Crippen molar-refractivity contribution in [1.82, 2.24) is 5.32 Å². The molecule has 1 unspecified atom stereocenters. The minimum atomic E-state index is -0.706. The van der Waals surface area contributed by atoms with Crippen LogP contribution in [0, 0.1) is 5.41 Å². The van der Waals surface area contributed by atoms with Crippen LogP contribution in [0.25, 0.3) is 0 Å². The molecule has 4 N–H and O–H groups in total. The molecule has 0 saturated carbocycles. The second kappa shape index (κ2) is 5.98. The van der Waals surface area contributed by atoms with Gasteiger partial charge in [0.15, 0.2) is 0 Å². The molecule has 0 heterocycles. The lowest BCUT2D eigenvalue weighted by Gasteiger charge is -2.26. The number of carbonyl (C=O) groups is 1. The third kappa shape index (κ3) is 4.13. The summed E-state index contributed by atoms with van der Waals surface area (Å²) < 4.78 is 0. The van der Waals surface area contributed by atoms with Crippen molar-refractivity contribution in [2.75, 3.05) is 6.54 Å². The van der Waals surface area contributed by atoms with Crippen molar-refractivity contribution in [1.29, 1.82) is 0 Å². The predicted molar refractivity (Wildman–Crippen MR) is 71.8 cm³/mol. The number of hydrogen-bond donors (Lipinski definition) is 3. The lowest BCUT2D eigenvalue weighted by Crippen LogP contribution is -2.49. The van der Waals surface area contributed by atoms with Crippen LogP contribution in [0.5, 0.6) is 0 Å². The molecule has 4 heteroatoms. The van der Waals surface area contributed by atoms with Gasteiger partial charge in [0.2, 0.25) is 5.91 Å². The Morgan fingerprint density at radius 1 is 1.33 bits per heavy atom. The molecular weight excluding hydrogens is 228 g/mol. The molecule has 0 radical (unpaired) electrons. The molecule has 1 aromatic rings. The molecule has 0 saturated heterocycles. The summed E-state index contributed by atoms with van der Waals surface area (Å²) in [6.45, 7) is 5.90. The van der Waals surface area contributed by atoms with Crippen molar-refractivity contribution in [3.8, 4) is 0 Å². The van der Waals surface area contributed by atoms with E-state index in [-0.39, 0.29) is 17.9 Å². The highest BCUT2D eigenvalue weighted by atomic mass is 16.3. The Labute approximate surface area is 108 Å². The topological polar surface area (TPSA) is 75.4 Å². The van der Waals surface area contributed by atoms with Gasteiger partial charge in [0.25, 0.3) is 0 Å². The van der Waals surface area contributed by atoms with E-state index in [4.69, 9.17) is 5.73 Å². The molecule has 100 valence electrons. The van der Waals surface area contributed by atoms with Crippen molar-refractivity contribution >= 4 is 5.91 Å². The van der Waals surface area contributed by atoms with Crippen LogP contribution in [0.3, 0.4) is 0 Å². The first-order chi connectivity index (χ1) is 8.32. The molecule has 2 atom stereocenters. The first-order valence-corrected chi connectivity index (χ1v) is 6.08. The molecule has 0 bridgehead atoms. The molecule has 0 aliphatic heterocycles. The zero-order valence-corrected chi connectivity index (χ0v) is 11.2. The number of aliphatic hydroxyl groups excluding tert-OH is 1. The monoisotopic (exact) mass is 250 g/mol. The van der Waals surface area contributed by atoms with Gasteiger partial charge in [-0.3, -0.25) is 4.79 Å². The Bertz CT molecular complexity index is 385. The average molecular weight is 250 g/mol. The van der Waals surface area contributed by atoms with E-state index in [2.05, 4.69) is 5.32 Å². The van der Waals surface area contributed by atoms with Crippen molar-refractivity contribution < 1.29 is 9.90 Å². The molecule has 1 rings (SSSR count). The number of carbonyl (C=O) groups excluding carboxylic acids is 1. The van der Waals surface area contributed by atoms with Crippen molar-refractivity contribution in [2.24, 2.45) is 11.1 Å². The Morgan fingerprint density at radius 2 is 1.89 bits per heavy atom. The van der Waals surface area contributed by atoms with Gasteiger partial charge >= 0.3 is 0 Å². The van der Waals surface area contributed by atoms with Crippen LogP contribution >= 0.6 is 0 Å². The van der Waals surface area contributed by atoms with E-state index in [1.54, 1.807) is 0 Å². The maximum absolute atomic E-state index is 11.8. The van der Waals surface area contributed by atoms with Gasteiger partial charge in [-0.05, 0) is 11.0 Å². The normalized spacial score (nSPS) is 14.9. The highest BCUT2D eigenvalue weighted by molar-refractivity contribution is 5.82. The Kier molecular flexibility index (Phi) is 4.87. The standard InChI is InChI=1S/C14H22N2O2/c1-14(2,3)12(15)13(18)16-9-11(17)10-7-5-4-6-8-10/h4-8,11-12,17H,9,15H2,1-3H3,(H,16,18)/t11?,12-/m1/s1. The maximum Gasteiger partial charge on any atom is 0.237 e. The van der Waals surface area contributed by atoms with Crippen molar-refractivity contribution in [3.05, 3.63) is 35.9 Å². The number of hydrogen-bond acceptors (Lipinski definition) is 3. The molecular formula is C14H22N2O2. The molecule has 0 aliphatic carbocycles. The van der Waals surface area contributed by atoms with Crippen LogP contribution in [-0.4, -0.2) is 23.6 Å². The third-order valence-corrected chi connectivity index (χ3v) is 2.87. The molecule has 0 aromatic heterocycles. The smallest absolute Gasteiger partial charge is 0.237 e. The third-order valence-electron chi connectivity index (χ3n) is 2.87. The summed E-state index contributed by atoms with van der Waals surface area (Å²) in [4.78, 5) is 11.8. The second-order valence-electron chi connectivity index (χ2n) is 5.52. The van der Waals surface area contributed by atoms with E-state index in [1.807, 2.05) is 51.1 Å². The number of amides is 1. The SMILES string of the molecule is CC(C)(C)[C@H](N)C(=O)NCC(O)c1ccccc1. The molecule has 18 heavy (non-hydrogen) atoms. The van der Waals surface area contributed by atoms with Gasteiger partial charge < -0.3 is 16.2 Å². The lowest BCUT2D eigenvalue weighted by molar-refractivity contribution is -0.125. The summed E-state index contributed by atoms with van der Waals surface area (Å²) in [5, 5.41) is 12.6. The summed E-state index contributed by atoms with van der Waals surface area (Å²) in [6.07, 6.45) is -0.706. The summed E-state index contributed by atoms with van der Waals surface area (Å²) in [5.74, 6) is -0.238. The van der Waals surface area contributed by atoms with E-state index in [1.165, 1.54) is 0 Å². The number of nitrogens with two attached hydrogens (primary N) is 1. The van der Waals surface area contributed by atoms with Gasteiger partial charge in [0.05, 0.1) is 12.1 Å². The van der Waals surface area contributed by atoms with E-state index < -0.39 is 12.1 Å². The number of benzene rings is 1. The first-order valence-electron chi connectivity index (χ1n) is 6.08. The lowest BCUT2D eigenvalue weighted by atomic mass is 9.87. The fourth-order valence-electron chi connectivity index (χ4n) is 1.49. The summed E-state index contributed by atoms with van der Waals surface area (Å²) in [7, 11) is 0. The van der Waals surface area contributed by atoms with Crippen molar-refractivity contribution in [3.63, 3.8) is 0 Å². The van der Waals surface area contributed by atoms with Gasteiger partial charge in [-0.2, -0.15) is 0 Å². The first kappa shape index (κ1) is 14.7. The predicted octanol–water partition coefficient (Wildman–Crippen LogP) is 1.21. The van der Waals surface area contributed by atoms with Gasteiger partial charge in [0.1, 0.15) is 0 Å². The summed E-state index contributed by atoms with van der Waals surface area (Å²) >= 11 is 0. The summed E-state index contributed by atoms with van der Waals surface area (Å²) in [6, 6.07) is 8.63. The van der Waals surface area contributed by atoms with E-state index in [9.17, 15) is 9.90 Å².